The summed E-state index contributed by atoms with van der Waals surface area (Å²) in [5, 5.41) is 11.3. The van der Waals surface area contributed by atoms with Gasteiger partial charge in [-0.2, -0.15) is 0 Å². The second-order valence-corrected chi connectivity index (χ2v) is 4.83. The van der Waals surface area contributed by atoms with Crippen LogP contribution in [0.1, 0.15) is 16.1 Å². The Hall–Kier alpha value is -2.24. The lowest BCUT2D eigenvalue weighted by Gasteiger charge is -2.07. The van der Waals surface area contributed by atoms with Crippen molar-refractivity contribution in [3.05, 3.63) is 53.7 Å². The minimum Gasteiger partial charge on any atom is -0.394 e. The smallest absolute Gasteiger partial charge is 0.251 e. The Morgan fingerprint density at radius 3 is 2.64 bits per heavy atom. The van der Waals surface area contributed by atoms with Gasteiger partial charge in [-0.05, 0) is 31.2 Å². The quantitative estimate of drug-likeness (QED) is 0.765. The van der Waals surface area contributed by atoms with Gasteiger partial charge < -0.3 is 15.2 Å². The number of hydrogen-bond acceptors (Lipinski definition) is 4. The number of nitrogens with zero attached hydrogens (tertiary/aromatic N) is 1. The van der Waals surface area contributed by atoms with Crippen molar-refractivity contribution in [3.8, 4) is 11.3 Å². The van der Waals surface area contributed by atoms with Crippen LogP contribution in [0.5, 0.6) is 0 Å². The highest BCUT2D eigenvalue weighted by Gasteiger charge is 2.06. The molecule has 0 bridgehead atoms. The van der Waals surface area contributed by atoms with Gasteiger partial charge in [0.25, 0.3) is 5.91 Å². The van der Waals surface area contributed by atoms with E-state index in [2.05, 4.69) is 10.3 Å². The Labute approximate surface area is 130 Å². The van der Waals surface area contributed by atoms with E-state index < -0.39 is 0 Å². The third-order valence-electron chi connectivity index (χ3n) is 3.10. The van der Waals surface area contributed by atoms with E-state index in [1.165, 1.54) is 0 Å². The third kappa shape index (κ3) is 4.65. The van der Waals surface area contributed by atoms with Crippen molar-refractivity contribution in [1.29, 1.82) is 0 Å². The molecular weight excluding hydrogens is 280 g/mol. The highest BCUT2D eigenvalue weighted by Crippen LogP contribution is 2.17. The maximum Gasteiger partial charge on any atom is 0.251 e. The summed E-state index contributed by atoms with van der Waals surface area (Å²) in [4.78, 5) is 16.4. The topological polar surface area (TPSA) is 71.5 Å². The van der Waals surface area contributed by atoms with Crippen molar-refractivity contribution in [3.63, 3.8) is 0 Å². The van der Waals surface area contributed by atoms with Crippen LogP contribution in [0, 0.1) is 6.92 Å². The second kappa shape index (κ2) is 8.26. The molecule has 0 fully saturated rings. The average molecular weight is 300 g/mol. The molecule has 0 atom stereocenters. The van der Waals surface area contributed by atoms with Crippen LogP contribution in [0.3, 0.4) is 0 Å². The number of carbonyl (C=O) groups is 1. The van der Waals surface area contributed by atoms with Crippen LogP contribution in [0.15, 0.2) is 42.5 Å². The van der Waals surface area contributed by atoms with Crippen LogP contribution < -0.4 is 5.32 Å². The maximum atomic E-state index is 11.9. The normalized spacial score (nSPS) is 10.5. The summed E-state index contributed by atoms with van der Waals surface area (Å²) >= 11 is 0. The maximum absolute atomic E-state index is 11.9. The molecule has 0 aliphatic carbocycles. The molecule has 0 saturated heterocycles. The molecule has 0 radical (unpaired) electrons. The number of aromatic nitrogens is 1. The molecule has 116 valence electrons. The van der Waals surface area contributed by atoms with Crippen molar-refractivity contribution in [2.45, 2.75) is 6.92 Å². The van der Waals surface area contributed by atoms with Crippen molar-refractivity contribution in [2.24, 2.45) is 0 Å². The summed E-state index contributed by atoms with van der Waals surface area (Å²) in [6, 6.07) is 13.2. The molecule has 2 aromatic rings. The molecule has 1 amide bonds. The number of carbonyl (C=O) groups excluding carboxylic acids is 1. The Balaban J connectivity index is 1.92. The van der Waals surface area contributed by atoms with Crippen LogP contribution in [-0.2, 0) is 4.74 Å². The molecule has 2 rings (SSSR count). The number of nitrogens with one attached hydrogen (secondary N) is 1. The van der Waals surface area contributed by atoms with Gasteiger partial charge in [0.1, 0.15) is 0 Å². The summed E-state index contributed by atoms with van der Waals surface area (Å²) in [6.07, 6.45) is 0. The predicted molar refractivity (Wildman–Crippen MR) is 84.6 cm³/mol. The van der Waals surface area contributed by atoms with Crippen LogP contribution in [-0.4, -0.2) is 42.4 Å². The fourth-order valence-corrected chi connectivity index (χ4v) is 2.00. The molecule has 5 nitrogen and oxygen atoms in total. The molecule has 2 N–H and O–H groups in total. The number of aliphatic hydroxyl groups is 1. The highest BCUT2D eigenvalue weighted by molar-refractivity contribution is 5.94. The summed E-state index contributed by atoms with van der Waals surface area (Å²) < 4.78 is 5.08. The minimum absolute atomic E-state index is 0.0115. The van der Waals surface area contributed by atoms with Crippen LogP contribution >= 0.6 is 0 Å². The largest absolute Gasteiger partial charge is 0.394 e. The standard InChI is InChI=1S/C17H20N2O3/c1-13-3-2-4-16(19-13)14-5-7-15(8-6-14)17(21)18-9-11-22-12-10-20/h2-8,20H,9-12H2,1H3,(H,18,21). The van der Waals surface area contributed by atoms with Gasteiger partial charge in [0.05, 0.1) is 25.5 Å². The zero-order chi connectivity index (χ0) is 15.8. The van der Waals surface area contributed by atoms with Gasteiger partial charge >= 0.3 is 0 Å². The monoisotopic (exact) mass is 300 g/mol. The minimum atomic E-state index is -0.142. The SMILES string of the molecule is Cc1cccc(-c2ccc(C(=O)NCCOCCO)cc2)n1. The lowest BCUT2D eigenvalue weighted by molar-refractivity contribution is 0.0838. The summed E-state index contributed by atoms with van der Waals surface area (Å²) in [5.41, 5.74) is 3.43. The van der Waals surface area contributed by atoms with Crippen molar-refractivity contribution in [1.82, 2.24) is 10.3 Å². The molecule has 1 heterocycles. The molecule has 0 saturated carbocycles. The van der Waals surface area contributed by atoms with E-state index in [1.54, 1.807) is 12.1 Å². The van der Waals surface area contributed by atoms with Gasteiger partial charge in [-0.1, -0.05) is 18.2 Å². The number of pyridine rings is 1. The zero-order valence-electron chi connectivity index (χ0n) is 12.6. The third-order valence-corrected chi connectivity index (χ3v) is 3.10. The fourth-order valence-electron chi connectivity index (χ4n) is 2.00. The summed E-state index contributed by atoms with van der Waals surface area (Å²) in [5.74, 6) is -0.142. The summed E-state index contributed by atoms with van der Waals surface area (Å²) in [7, 11) is 0. The molecule has 1 aromatic heterocycles. The number of ether oxygens (including phenoxy) is 1. The first-order valence-corrected chi connectivity index (χ1v) is 7.21. The number of hydrogen-bond donors (Lipinski definition) is 2. The number of aliphatic hydroxyl groups excluding tert-OH is 1. The lowest BCUT2D eigenvalue weighted by Crippen LogP contribution is -2.27. The number of rotatable bonds is 7. The Kier molecular flexibility index (Phi) is 6.06. The molecule has 1 aromatic carbocycles. The molecular formula is C17H20N2O3. The molecule has 22 heavy (non-hydrogen) atoms. The van der Waals surface area contributed by atoms with E-state index >= 15 is 0 Å². The van der Waals surface area contributed by atoms with Crippen LogP contribution in [0.2, 0.25) is 0 Å². The first-order valence-electron chi connectivity index (χ1n) is 7.21. The number of aryl methyl sites for hydroxylation is 1. The van der Waals surface area contributed by atoms with Gasteiger partial charge in [0, 0.05) is 23.4 Å². The van der Waals surface area contributed by atoms with Gasteiger partial charge in [0.15, 0.2) is 0 Å². The average Bonchev–Trinajstić information content (AvgIpc) is 2.54. The lowest BCUT2D eigenvalue weighted by atomic mass is 10.1. The van der Waals surface area contributed by atoms with E-state index in [0.717, 1.165) is 17.0 Å². The van der Waals surface area contributed by atoms with Crippen LogP contribution in [0.4, 0.5) is 0 Å². The molecule has 5 heteroatoms. The molecule has 0 unspecified atom stereocenters. The van der Waals surface area contributed by atoms with E-state index in [9.17, 15) is 4.79 Å². The first kappa shape index (κ1) is 16.1. The van der Waals surface area contributed by atoms with E-state index in [4.69, 9.17) is 9.84 Å². The van der Waals surface area contributed by atoms with Crippen molar-refractivity contribution >= 4 is 5.91 Å². The Morgan fingerprint density at radius 1 is 1.18 bits per heavy atom. The Morgan fingerprint density at radius 2 is 1.95 bits per heavy atom. The van der Waals surface area contributed by atoms with Gasteiger partial charge in [-0.3, -0.25) is 9.78 Å². The van der Waals surface area contributed by atoms with Gasteiger partial charge in [-0.15, -0.1) is 0 Å². The predicted octanol–water partition coefficient (Wildman–Crippen LogP) is 1.80. The zero-order valence-corrected chi connectivity index (χ0v) is 12.6. The molecule has 0 spiro atoms. The highest BCUT2D eigenvalue weighted by atomic mass is 16.5. The fraction of sp³-hybridized carbons (Fsp3) is 0.294. The van der Waals surface area contributed by atoms with E-state index in [0.29, 0.717) is 18.7 Å². The van der Waals surface area contributed by atoms with Gasteiger partial charge in [0.2, 0.25) is 0 Å². The number of benzene rings is 1. The van der Waals surface area contributed by atoms with Crippen LogP contribution in [0.25, 0.3) is 11.3 Å². The number of amides is 1. The second-order valence-electron chi connectivity index (χ2n) is 4.83. The van der Waals surface area contributed by atoms with E-state index in [1.807, 2.05) is 37.3 Å². The van der Waals surface area contributed by atoms with Crippen molar-refractivity contribution < 1.29 is 14.6 Å². The van der Waals surface area contributed by atoms with Gasteiger partial charge in [-0.25, -0.2) is 0 Å². The van der Waals surface area contributed by atoms with E-state index in [-0.39, 0.29) is 19.1 Å². The molecule has 0 aliphatic rings. The Bertz CT molecular complexity index is 612. The van der Waals surface area contributed by atoms with Crippen molar-refractivity contribution in [2.75, 3.05) is 26.4 Å². The first-order chi connectivity index (χ1) is 10.7. The summed E-state index contributed by atoms with van der Waals surface area (Å²) in [6.45, 7) is 3.03. The molecule has 0 aliphatic heterocycles.